The molecule has 0 unspecified atom stereocenters. The van der Waals surface area contributed by atoms with Gasteiger partial charge in [-0.3, -0.25) is 0 Å². The Hall–Kier alpha value is 2.08. The van der Waals surface area contributed by atoms with Crippen molar-refractivity contribution in [1.29, 1.82) is 0 Å². The van der Waals surface area contributed by atoms with Gasteiger partial charge < -0.3 is 0 Å². The van der Waals surface area contributed by atoms with Gasteiger partial charge in [0, 0.05) is 51.2 Å². The van der Waals surface area contributed by atoms with E-state index in [-0.39, 0.29) is 68.3 Å². The van der Waals surface area contributed by atoms with Gasteiger partial charge in [0.05, 0.1) is 0 Å². The predicted molar refractivity (Wildman–Crippen MR) is 8.54 cm³/mol. The van der Waals surface area contributed by atoms with Gasteiger partial charge in [-0.25, -0.2) is 0 Å². The van der Waals surface area contributed by atoms with Gasteiger partial charge in [-0.2, -0.15) is 0 Å². The molecule has 0 rings (SSSR count). The second-order valence-corrected chi connectivity index (χ2v) is 0. The van der Waals surface area contributed by atoms with E-state index < -0.39 is 0 Å². The van der Waals surface area contributed by atoms with Crippen LogP contribution >= 0.6 is 0 Å². The first-order valence-corrected chi connectivity index (χ1v) is 0. The van der Waals surface area contributed by atoms with Crippen LogP contribution in [0.2, 0.25) is 0 Å². The summed E-state index contributed by atoms with van der Waals surface area (Å²) in [6, 6.07) is 0. The van der Waals surface area contributed by atoms with E-state index in [0.29, 0.717) is 0 Å². The summed E-state index contributed by atoms with van der Waals surface area (Å²) in [4.78, 5) is 0. The molecule has 0 saturated heterocycles. The molecule has 0 fully saturated rings. The van der Waals surface area contributed by atoms with E-state index in [4.69, 9.17) is 0 Å². The molecule has 0 nitrogen and oxygen atoms in total. The van der Waals surface area contributed by atoms with Gasteiger partial charge in [0.1, 0.15) is 0 Å². The maximum atomic E-state index is 0. The second kappa shape index (κ2) is 19.6. The predicted octanol–water partition coefficient (Wildman–Crippen LogP) is -0.924. The van der Waals surface area contributed by atoms with Crippen molar-refractivity contribution in [2.45, 2.75) is 0 Å². The first-order valence-electron chi connectivity index (χ1n) is 0. The zero-order valence-electron chi connectivity index (χ0n) is 1.53. The first-order chi connectivity index (χ1) is 0. The van der Waals surface area contributed by atoms with Crippen molar-refractivity contribution < 1.29 is 51.2 Å². The first kappa shape index (κ1) is 36.3. The van der Waals surface area contributed by atoms with E-state index in [0.717, 1.165) is 0 Å². The summed E-state index contributed by atoms with van der Waals surface area (Å²) >= 11 is 0. The van der Waals surface area contributed by atoms with Crippen molar-refractivity contribution in [2.24, 2.45) is 0 Å². The van der Waals surface area contributed by atoms with E-state index in [1.54, 1.807) is 0 Å². The molecule has 0 aromatic heterocycles. The monoisotopic (exact) mass is 256 g/mol. The molecule has 2 radical (unpaired) electrons. The average Bonchev–Trinajstić information content (AvgIpc) is 0. The van der Waals surface area contributed by atoms with E-state index >= 15 is 0 Å². The Kier molecular flexibility index (Phi) is 177. The summed E-state index contributed by atoms with van der Waals surface area (Å²) in [6.07, 6.45) is 0. The maximum absolute atomic E-state index is 0. The zero-order chi connectivity index (χ0) is 0. The molecule has 0 spiro atoms. The Labute approximate surface area is 67.8 Å². The SMILES string of the molecule is [Cu].[Fe].[Mn].[SeH2]. The molecule has 4 heteroatoms. The minimum atomic E-state index is 0. The summed E-state index contributed by atoms with van der Waals surface area (Å²) in [5, 5.41) is 0. The quantitative estimate of drug-likeness (QED) is 0.491. The fourth-order valence-corrected chi connectivity index (χ4v) is 0. The van der Waals surface area contributed by atoms with Crippen molar-refractivity contribution in [1.82, 2.24) is 0 Å². The molecule has 0 aliphatic carbocycles. The fourth-order valence-electron chi connectivity index (χ4n) is 0. The van der Waals surface area contributed by atoms with E-state index in [2.05, 4.69) is 0 Å². The van der Waals surface area contributed by atoms with Crippen LogP contribution in [0.25, 0.3) is 0 Å². The molecular weight excluding hydrogens is 253 g/mol. The van der Waals surface area contributed by atoms with Gasteiger partial charge in [0.15, 0.2) is 0 Å². The van der Waals surface area contributed by atoms with Gasteiger partial charge >= 0.3 is 17.1 Å². The molecule has 0 heterocycles. The van der Waals surface area contributed by atoms with Crippen LogP contribution in [0.3, 0.4) is 0 Å². The standard InChI is InChI=1S/Cu.Fe.Mn.H2Se/h;;;1H2. The van der Waals surface area contributed by atoms with Crippen LogP contribution in [0.15, 0.2) is 0 Å². The summed E-state index contributed by atoms with van der Waals surface area (Å²) < 4.78 is 0. The van der Waals surface area contributed by atoms with Crippen molar-refractivity contribution in [3.05, 3.63) is 0 Å². The third kappa shape index (κ3) is 8.95. The summed E-state index contributed by atoms with van der Waals surface area (Å²) in [6.45, 7) is 0. The molecular formula is H2CuFeMnSe. The van der Waals surface area contributed by atoms with Crippen LogP contribution < -0.4 is 0 Å². The normalized spacial score (nSPS) is 0. The molecule has 0 aromatic rings. The van der Waals surface area contributed by atoms with Crippen molar-refractivity contribution in [2.75, 3.05) is 0 Å². The minimum absolute atomic E-state index is 0. The second-order valence-electron chi connectivity index (χ2n) is 0. The third-order valence-corrected chi connectivity index (χ3v) is 0. The van der Waals surface area contributed by atoms with Gasteiger partial charge in [-0.05, 0) is 0 Å². The summed E-state index contributed by atoms with van der Waals surface area (Å²) in [5.41, 5.74) is 0. The number of rotatable bonds is 0. The van der Waals surface area contributed by atoms with Gasteiger partial charge in [0.2, 0.25) is 0 Å². The average molecular weight is 255 g/mol. The molecule has 0 aromatic carbocycles. The molecule has 0 saturated carbocycles. The van der Waals surface area contributed by atoms with Crippen LogP contribution in [-0.2, 0) is 51.2 Å². The van der Waals surface area contributed by atoms with E-state index in [1.165, 1.54) is 0 Å². The van der Waals surface area contributed by atoms with Crippen molar-refractivity contribution in [3.8, 4) is 0 Å². The van der Waals surface area contributed by atoms with Crippen molar-refractivity contribution in [3.63, 3.8) is 0 Å². The number of hydrogen-bond donors (Lipinski definition) is 0. The van der Waals surface area contributed by atoms with Crippen LogP contribution in [0.5, 0.6) is 0 Å². The third-order valence-electron chi connectivity index (χ3n) is 0. The summed E-state index contributed by atoms with van der Waals surface area (Å²) in [7, 11) is 0. The Balaban J connectivity index is 0. The molecule has 0 aliphatic heterocycles. The zero-order valence-corrected chi connectivity index (χ0v) is 6.86. The molecule has 0 N–H and O–H groups in total. The molecule has 4 heavy (non-hydrogen) atoms. The van der Waals surface area contributed by atoms with E-state index in [9.17, 15) is 0 Å². The Morgan fingerprint density at radius 3 is 1.00 bits per heavy atom. The van der Waals surface area contributed by atoms with Gasteiger partial charge in [0.25, 0.3) is 0 Å². The van der Waals surface area contributed by atoms with Crippen LogP contribution in [0.1, 0.15) is 0 Å². The van der Waals surface area contributed by atoms with Gasteiger partial charge in [-0.15, -0.1) is 0 Å². The molecule has 0 aliphatic rings. The fraction of sp³-hybridized carbons (Fsp3) is 0. The van der Waals surface area contributed by atoms with Gasteiger partial charge in [-0.1, -0.05) is 0 Å². The molecule has 34 valence electrons. The Morgan fingerprint density at radius 1 is 1.00 bits per heavy atom. The molecule has 0 bridgehead atoms. The van der Waals surface area contributed by atoms with Crippen LogP contribution in [0, 0.1) is 0 Å². The Bertz CT molecular complexity index is 8.00. The van der Waals surface area contributed by atoms with Crippen LogP contribution in [-0.4, -0.2) is 17.1 Å². The van der Waals surface area contributed by atoms with Crippen LogP contribution in [0.4, 0.5) is 0 Å². The van der Waals surface area contributed by atoms with E-state index in [1.807, 2.05) is 0 Å². The topological polar surface area (TPSA) is 0 Å². The number of hydrogen-bond acceptors (Lipinski definition) is 0. The summed E-state index contributed by atoms with van der Waals surface area (Å²) in [5.74, 6) is 0. The Morgan fingerprint density at radius 2 is 1.00 bits per heavy atom. The molecule has 0 atom stereocenters. The molecule has 0 amide bonds. The van der Waals surface area contributed by atoms with Crippen molar-refractivity contribution >= 4 is 17.1 Å².